The highest BCUT2D eigenvalue weighted by Crippen LogP contribution is 2.28. The zero-order valence-electron chi connectivity index (χ0n) is 21.9. The normalized spacial score (nSPS) is 12.8. The number of anilines is 1. The van der Waals surface area contributed by atoms with Crippen LogP contribution in [-0.2, 0) is 17.8 Å². The molecule has 0 saturated heterocycles. The lowest BCUT2D eigenvalue weighted by Crippen LogP contribution is -2.45. The Balaban J connectivity index is 1.31. The lowest BCUT2D eigenvalue weighted by Gasteiger charge is -2.28. The van der Waals surface area contributed by atoms with Crippen LogP contribution in [0.1, 0.15) is 29.5 Å². The van der Waals surface area contributed by atoms with E-state index < -0.39 is 0 Å². The number of hydrogen-bond acceptors (Lipinski definition) is 3. The molecule has 4 aromatic rings. The first kappa shape index (κ1) is 25.4. The number of fused-ring (bicyclic) bond motifs is 1. The van der Waals surface area contributed by atoms with E-state index >= 15 is 0 Å². The predicted molar refractivity (Wildman–Crippen MR) is 150 cm³/mol. The molecule has 7 heteroatoms. The molecule has 1 aliphatic rings. The van der Waals surface area contributed by atoms with E-state index in [0.717, 1.165) is 30.3 Å². The molecule has 196 valence electrons. The summed E-state index contributed by atoms with van der Waals surface area (Å²) in [7, 11) is 1.59. The Morgan fingerprint density at radius 2 is 1.82 bits per heavy atom. The molecule has 5 rings (SSSR count). The van der Waals surface area contributed by atoms with E-state index in [-0.39, 0.29) is 24.5 Å². The number of hydrogen-bond donors (Lipinski definition) is 2. The molecule has 0 bridgehead atoms. The number of aryl methyl sites for hydroxylation is 1. The molecule has 0 radical (unpaired) electrons. The van der Waals surface area contributed by atoms with Crippen molar-refractivity contribution in [2.45, 2.75) is 38.8 Å². The molecular weight excluding hydrogens is 476 g/mol. The average Bonchev–Trinajstić information content (AvgIpc) is 3.70. The van der Waals surface area contributed by atoms with Crippen molar-refractivity contribution in [1.29, 1.82) is 0 Å². The van der Waals surface area contributed by atoms with Crippen molar-refractivity contribution in [3.8, 4) is 5.75 Å². The van der Waals surface area contributed by atoms with E-state index in [0.29, 0.717) is 24.5 Å². The van der Waals surface area contributed by atoms with Gasteiger partial charge < -0.3 is 24.8 Å². The maximum atomic E-state index is 13.7. The number of aromatic amines is 1. The Morgan fingerprint density at radius 3 is 2.58 bits per heavy atom. The number of H-pyrrole nitrogens is 1. The Kier molecular flexibility index (Phi) is 7.63. The highest BCUT2D eigenvalue weighted by Gasteiger charge is 2.35. The van der Waals surface area contributed by atoms with Gasteiger partial charge in [0, 0.05) is 48.0 Å². The number of amides is 3. The van der Waals surface area contributed by atoms with Gasteiger partial charge in [0.15, 0.2) is 0 Å². The standard InChI is InChI=1S/C31H34N4O3/c1-22-10-12-23(13-11-22)20-34(17-16-24-19-32-29-9-4-3-8-28(24)29)30(36)21-35(26-14-15-26)31(37)33-25-6-5-7-27(18-25)38-2/h3-13,18-19,26,32H,14-17,20-21H2,1-2H3,(H,33,37). The Hall–Kier alpha value is -4.26. The molecule has 2 N–H and O–H groups in total. The number of carbonyl (C=O) groups is 2. The smallest absolute Gasteiger partial charge is 0.322 e. The minimum absolute atomic E-state index is 0.0419. The number of para-hydroxylation sites is 1. The van der Waals surface area contributed by atoms with Crippen molar-refractivity contribution in [3.05, 3.63) is 95.7 Å². The summed E-state index contributed by atoms with van der Waals surface area (Å²) in [6.45, 7) is 3.15. The summed E-state index contributed by atoms with van der Waals surface area (Å²) in [5.74, 6) is 0.608. The molecular formula is C31H34N4O3. The molecule has 3 amide bonds. The summed E-state index contributed by atoms with van der Waals surface area (Å²) in [5, 5.41) is 4.12. The molecule has 0 spiro atoms. The molecule has 0 atom stereocenters. The molecule has 1 aliphatic carbocycles. The van der Waals surface area contributed by atoms with Gasteiger partial charge in [-0.2, -0.15) is 0 Å². The summed E-state index contributed by atoms with van der Waals surface area (Å²) in [6, 6.07) is 23.5. The van der Waals surface area contributed by atoms with Gasteiger partial charge in [0.2, 0.25) is 5.91 Å². The number of ether oxygens (including phenoxy) is 1. The monoisotopic (exact) mass is 510 g/mol. The number of aromatic nitrogens is 1. The van der Waals surface area contributed by atoms with Gasteiger partial charge in [-0.25, -0.2) is 4.79 Å². The van der Waals surface area contributed by atoms with E-state index in [1.165, 1.54) is 16.5 Å². The first-order valence-corrected chi connectivity index (χ1v) is 13.1. The Bertz CT molecular complexity index is 1410. The van der Waals surface area contributed by atoms with Crippen molar-refractivity contribution >= 4 is 28.5 Å². The highest BCUT2D eigenvalue weighted by atomic mass is 16.5. The molecule has 1 heterocycles. The Labute approximate surface area is 223 Å². The van der Waals surface area contributed by atoms with Crippen LogP contribution in [0.15, 0.2) is 79.0 Å². The summed E-state index contributed by atoms with van der Waals surface area (Å²) >= 11 is 0. The van der Waals surface area contributed by atoms with Gasteiger partial charge in [-0.1, -0.05) is 54.1 Å². The minimum Gasteiger partial charge on any atom is -0.497 e. The maximum Gasteiger partial charge on any atom is 0.322 e. The number of methoxy groups -OCH3 is 1. The number of carbonyl (C=O) groups excluding carboxylic acids is 2. The van der Waals surface area contributed by atoms with E-state index in [1.807, 2.05) is 41.4 Å². The average molecular weight is 511 g/mol. The Morgan fingerprint density at radius 1 is 1.03 bits per heavy atom. The summed E-state index contributed by atoms with van der Waals surface area (Å²) in [5.41, 5.74) is 5.16. The molecule has 3 aromatic carbocycles. The zero-order valence-corrected chi connectivity index (χ0v) is 21.9. The van der Waals surface area contributed by atoms with Crippen LogP contribution in [0, 0.1) is 6.92 Å². The summed E-state index contributed by atoms with van der Waals surface area (Å²) in [4.78, 5) is 33.8. The summed E-state index contributed by atoms with van der Waals surface area (Å²) < 4.78 is 5.27. The fourth-order valence-electron chi connectivity index (χ4n) is 4.69. The lowest BCUT2D eigenvalue weighted by molar-refractivity contribution is -0.132. The molecule has 1 fully saturated rings. The third kappa shape index (κ3) is 6.17. The fraction of sp³-hybridized carbons (Fsp3) is 0.290. The second-order valence-corrected chi connectivity index (χ2v) is 9.93. The zero-order chi connectivity index (χ0) is 26.5. The van der Waals surface area contributed by atoms with Crippen molar-refractivity contribution in [1.82, 2.24) is 14.8 Å². The van der Waals surface area contributed by atoms with E-state index in [1.54, 1.807) is 18.1 Å². The van der Waals surface area contributed by atoms with Crippen molar-refractivity contribution in [2.24, 2.45) is 0 Å². The third-order valence-electron chi connectivity index (χ3n) is 7.05. The van der Waals surface area contributed by atoms with E-state index in [9.17, 15) is 9.59 Å². The highest BCUT2D eigenvalue weighted by molar-refractivity contribution is 5.93. The van der Waals surface area contributed by atoms with Crippen LogP contribution in [0.3, 0.4) is 0 Å². The van der Waals surface area contributed by atoms with Crippen molar-refractivity contribution < 1.29 is 14.3 Å². The van der Waals surface area contributed by atoms with Crippen LogP contribution in [0.5, 0.6) is 5.75 Å². The molecule has 1 saturated carbocycles. The van der Waals surface area contributed by atoms with E-state index in [4.69, 9.17) is 4.74 Å². The van der Waals surface area contributed by atoms with Gasteiger partial charge in [0.25, 0.3) is 0 Å². The van der Waals surface area contributed by atoms with Crippen LogP contribution in [0.2, 0.25) is 0 Å². The summed E-state index contributed by atoms with van der Waals surface area (Å²) in [6.07, 6.45) is 4.57. The molecule has 38 heavy (non-hydrogen) atoms. The number of rotatable bonds is 10. The first-order chi connectivity index (χ1) is 18.5. The number of nitrogens with one attached hydrogen (secondary N) is 2. The third-order valence-corrected chi connectivity index (χ3v) is 7.05. The fourth-order valence-corrected chi connectivity index (χ4v) is 4.69. The van der Waals surface area contributed by atoms with Gasteiger partial charge in [-0.3, -0.25) is 4.79 Å². The number of nitrogens with zero attached hydrogens (tertiary/aromatic N) is 2. The molecule has 7 nitrogen and oxygen atoms in total. The van der Waals surface area contributed by atoms with Gasteiger partial charge in [-0.05, 0) is 55.5 Å². The lowest BCUT2D eigenvalue weighted by atomic mass is 10.1. The first-order valence-electron chi connectivity index (χ1n) is 13.1. The number of urea groups is 1. The molecule has 0 unspecified atom stereocenters. The van der Waals surface area contributed by atoms with Gasteiger partial charge >= 0.3 is 6.03 Å². The van der Waals surface area contributed by atoms with E-state index in [2.05, 4.69) is 53.6 Å². The van der Waals surface area contributed by atoms with Crippen LogP contribution in [0.25, 0.3) is 10.9 Å². The topological polar surface area (TPSA) is 77.7 Å². The van der Waals surface area contributed by atoms with Gasteiger partial charge in [0.1, 0.15) is 12.3 Å². The largest absolute Gasteiger partial charge is 0.497 e. The van der Waals surface area contributed by atoms with Crippen molar-refractivity contribution in [3.63, 3.8) is 0 Å². The van der Waals surface area contributed by atoms with Crippen LogP contribution in [0.4, 0.5) is 10.5 Å². The predicted octanol–water partition coefficient (Wildman–Crippen LogP) is 5.75. The quantitative estimate of drug-likeness (QED) is 0.285. The SMILES string of the molecule is COc1cccc(NC(=O)N(CC(=O)N(CCc2c[nH]c3ccccc23)Cc2ccc(C)cc2)C2CC2)c1. The second-order valence-electron chi connectivity index (χ2n) is 9.93. The van der Waals surface area contributed by atoms with Crippen LogP contribution < -0.4 is 10.1 Å². The minimum atomic E-state index is -0.263. The van der Waals surface area contributed by atoms with Crippen LogP contribution in [-0.4, -0.2) is 53.0 Å². The van der Waals surface area contributed by atoms with Gasteiger partial charge in [0.05, 0.1) is 7.11 Å². The van der Waals surface area contributed by atoms with Crippen LogP contribution >= 0.6 is 0 Å². The van der Waals surface area contributed by atoms with Gasteiger partial charge in [-0.15, -0.1) is 0 Å². The van der Waals surface area contributed by atoms with Crippen molar-refractivity contribution in [2.75, 3.05) is 25.5 Å². The number of benzene rings is 3. The molecule has 1 aromatic heterocycles. The maximum absolute atomic E-state index is 13.7. The second kappa shape index (κ2) is 11.4. The molecule has 0 aliphatic heterocycles.